The molecule has 2 unspecified atom stereocenters. The van der Waals surface area contributed by atoms with Gasteiger partial charge in [0.15, 0.2) is 0 Å². The fourth-order valence-corrected chi connectivity index (χ4v) is 2.09. The van der Waals surface area contributed by atoms with Crippen LogP contribution in [0.2, 0.25) is 0 Å². The van der Waals surface area contributed by atoms with Crippen molar-refractivity contribution < 1.29 is 5.11 Å². The molecule has 0 aliphatic carbocycles. The van der Waals surface area contributed by atoms with Crippen molar-refractivity contribution in [3.8, 4) is 0 Å². The van der Waals surface area contributed by atoms with Crippen LogP contribution in [-0.2, 0) is 0 Å². The number of nitrogens with zero attached hydrogens (tertiary/aromatic N) is 2. The van der Waals surface area contributed by atoms with Gasteiger partial charge in [-0.25, -0.2) is 0 Å². The first kappa shape index (κ1) is 12.0. The number of hydrogen-bond acceptors (Lipinski definition) is 3. The summed E-state index contributed by atoms with van der Waals surface area (Å²) < 4.78 is 0. The Labute approximate surface area is 87.7 Å². The molecule has 0 bridgehead atoms. The Hall–Kier alpha value is -0.120. The van der Waals surface area contributed by atoms with Crippen molar-refractivity contribution in [1.82, 2.24) is 9.80 Å². The van der Waals surface area contributed by atoms with E-state index >= 15 is 0 Å². The molecule has 3 nitrogen and oxygen atoms in total. The lowest BCUT2D eigenvalue weighted by Crippen LogP contribution is -2.56. The summed E-state index contributed by atoms with van der Waals surface area (Å²) in [5.41, 5.74) is 0. The van der Waals surface area contributed by atoms with Crippen LogP contribution in [0.3, 0.4) is 0 Å². The van der Waals surface area contributed by atoms with Crippen LogP contribution in [0.4, 0.5) is 0 Å². The third-order valence-electron chi connectivity index (χ3n) is 3.38. The van der Waals surface area contributed by atoms with Crippen LogP contribution in [0.1, 0.15) is 27.2 Å². The Kier molecular flexibility index (Phi) is 4.35. The minimum Gasteiger partial charge on any atom is -0.392 e. The van der Waals surface area contributed by atoms with Gasteiger partial charge in [-0.2, -0.15) is 0 Å². The normalized spacial score (nSPS) is 33.2. The predicted molar refractivity (Wildman–Crippen MR) is 59.4 cm³/mol. The molecule has 0 aromatic carbocycles. The summed E-state index contributed by atoms with van der Waals surface area (Å²) in [4.78, 5) is 4.79. The molecule has 1 rings (SSSR count). The standard InChI is InChI=1S/C11H24N2O/c1-5-11(14)8-13-6-9(2)12(4)10(3)7-13/h9-11,14H,5-8H2,1-4H3/t9?,10?,11-/m0/s1. The highest BCUT2D eigenvalue weighted by molar-refractivity contribution is 4.83. The summed E-state index contributed by atoms with van der Waals surface area (Å²) in [7, 11) is 2.18. The lowest BCUT2D eigenvalue weighted by Gasteiger charge is -2.43. The van der Waals surface area contributed by atoms with Crippen LogP contribution in [0.15, 0.2) is 0 Å². The summed E-state index contributed by atoms with van der Waals surface area (Å²) in [6.45, 7) is 9.53. The van der Waals surface area contributed by atoms with E-state index in [0.29, 0.717) is 12.1 Å². The number of aliphatic hydroxyl groups excluding tert-OH is 1. The summed E-state index contributed by atoms with van der Waals surface area (Å²) in [5, 5.41) is 9.59. The molecule has 0 radical (unpaired) electrons. The zero-order chi connectivity index (χ0) is 10.7. The Morgan fingerprint density at radius 2 is 1.79 bits per heavy atom. The van der Waals surface area contributed by atoms with Gasteiger partial charge in [0, 0.05) is 31.7 Å². The maximum Gasteiger partial charge on any atom is 0.0664 e. The molecular weight excluding hydrogens is 176 g/mol. The van der Waals surface area contributed by atoms with Gasteiger partial charge in [0.25, 0.3) is 0 Å². The van der Waals surface area contributed by atoms with Crippen LogP contribution < -0.4 is 0 Å². The second kappa shape index (κ2) is 5.10. The van der Waals surface area contributed by atoms with E-state index < -0.39 is 0 Å². The first-order chi connectivity index (χ1) is 6.54. The van der Waals surface area contributed by atoms with Crippen molar-refractivity contribution in [2.24, 2.45) is 0 Å². The molecule has 0 saturated carbocycles. The third kappa shape index (κ3) is 2.94. The maximum atomic E-state index is 9.59. The van der Waals surface area contributed by atoms with Crippen molar-refractivity contribution in [1.29, 1.82) is 0 Å². The topological polar surface area (TPSA) is 26.7 Å². The largest absolute Gasteiger partial charge is 0.392 e. The lowest BCUT2D eigenvalue weighted by atomic mass is 10.1. The van der Waals surface area contributed by atoms with Crippen molar-refractivity contribution in [2.45, 2.75) is 45.4 Å². The Bertz CT molecular complexity index is 160. The number of likely N-dealkylation sites (N-methyl/N-ethyl adjacent to an activating group) is 1. The number of piperazine rings is 1. The van der Waals surface area contributed by atoms with Crippen LogP contribution >= 0.6 is 0 Å². The number of β-amino-alcohol motifs (C(OH)–C–C–N with tert-alkyl or cyclic N) is 1. The predicted octanol–water partition coefficient (Wildman–Crippen LogP) is 0.782. The van der Waals surface area contributed by atoms with Crippen molar-refractivity contribution in [3.63, 3.8) is 0 Å². The average Bonchev–Trinajstić information content (AvgIpc) is 2.14. The van der Waals surface area contributed by atoms with E-state index in [1.807, 2.05) is 6.92 Å². The van der Waals surface area contributed by atoms with E-state index in [9.17, 15) is 5.11 Å². The molecule has 3 atom stereocenters. The van der Waals surface area contributed by atoms with E-state index in [0.717, 1.165) is 26.1 Å². The van der Waals surface area contributed by atoms with Gasteiger partial charge >= 0.3 is 0 Å². The minimum absolute atomic E-state index is 0.155. The summed E-state index contributed by atoms with van der Waals surface area (Å²) in [6, 6.07) is 1.20. The molecule has 0 aromatic rings. The maximum absolute atomic E-state index is 9.59. The van der Waals surface area contributed by atoms with E-state index in [-0.39, 0.29) is 6.10 Å². The van der Waals surface area contributed by atoms with E-state index in [1.165, 1.54) is 0 Å². The molecule has 3 heteroatoms. The molecule has 14 heavy (non-hydrogen) atoms. The van der Waals surface area contributed by atoms with Gasteiger partial charge in [-0.15, -0.1) is 0 Å². The first-order valence-corrected chi connectivity index (χ1v) is 5.67. The Balaban J connectivity index is 2.41. The second-order valence-electron chi connectivity index (χ2n) is 4.64. The molecule has 1 saturated heterocycles. The quantitative estimate of drug-likeness (QED) is 0.729. The molecule has 1 fully saturated rings. The zero-order valence-corrected chi connectivity index (χ0v) is 9.90. The van der Waals surface area contributed by atoms with Gasteiger partial charge in [-0.05, 0) is 27.3 Å². The number of hydrogen-bond donors (Lipinski definition) is 1. The lowest BCUT2D eigenvalue weighted by molar-refractivity contribution is 0.0278. The number of aliphatic hydroxyl groups is 1. The first-order valence-electron chi connectivity index (χ1n) is 5.67. The Morgan fingerprint density at radius 1 is 1.29 bits per heavy atom. The average molecular weight is 200 g/mol. The Morgan fingerprint density at radius 3 is 2.21 bits per heavy atom. The molecule has 0 spiro atoms. The van der Waals surface area contributed by atoms with Gasteiger partial charge in [0.2, 0.25) is 0 Å². The van der Waals surface area contributed by atoms with Crippen LogP contribution in [0.5, 0.6) is 0 Å². The van der Waals surface area contributed by atoms with Gasteiger partial charge < -0.3 is 5.11 Å². The van der Waals surface area contributed by atoms with E-state index in [2.05, 4.69) is 30.7 Å². The van der Waals surface area contributed by atoms with Crippen molar-refractivity contribution >= 4 is 0 Å². The molecule has 1 heterocycles. The highest BCUT2D eigenvalue weighted by atomic mass is 16.3. The summed E-state index contributed by atoms with van der Waals surface area (Å²) >= 11 is 0. The fourth-order valence-electron chi connectivity index (χ4n) is 2.09. The molecule has 1 N–H and O–H groups in total. The van der Waals surface area contributed by atoms with Gasteiger partial charge in [0.1, 0.15) is 0 Å². The highest BCUT2D eigenvalue weighted by Crippen LogP contribution is 2.13. The molecule has 84 valence electrons. The fraction of sp³-hybridized carbons (Fsp3) is 1.00. The van der Waals surface area contributed by atoms with Gasteiger partial charge in [-0.1, -0.05) is 6.92 Å². The van der Waals surface area contributed by atoms with Gasteiger partial charge in [-0.3, -0.25) is 9.80 Å². The molecule has 1 aliphatic heterocycles. The smallest absolute Gasteiger partial charge is 0.0664 e. The summed E-state index contributed by atoms with van der Waals surface area (Å²) in [6.07, 6.45) is 0.701. The molecular formula is C11H24N2O. The van der Waals surface area contributed by atoms with Crippen LogP contribution in [0.25, 0.3) is 0 Å². The molecule has 0 amide bonds. The van der Waals surface area contributed by atoms with Crippen LogP contribution in [0, 0.1) is 0 Å². The SMILES string of the molecule is CC[C@H](O)CN1CC(C)N(C)C(C)C1. The zero-order valence-electron chi connectivity index (χ0n) is 9.90. The third-order valence-corrected chi connectivity index (χ3v) is 3.38. The van der Waals surface area contributed by atoms with Crippen molar-refractivity contribution in [2.75, 3.05) is 26.7 Å². The number of rotatable bonds is 3. The monoisotopic (exact) mass is 200 g/mol. The second-order valence-corrected chi connectivity index (χ2v) is 4.64. The minimum atomic E-state index is -0.155. The van der Waals surface area contributed by atoms with Crippen molar-refractivity contribution in [3.05, 3.63) is 0 Å². The van der Waals surface area contributed by atoms with E-state index in [4.69, 9.17) is 0 Å². The highest BCUT2D eigenvalue weighted by Gasteiger charge is 2.26. The van der Waals surface area contributed by atoms with Gasteiger partial charge in [0.05, 0.1) is 6.10 Å². The summed E-state index contributed by atoms with van der Waals surface area (Å²) in [5.74, 6) is 0. The van der Waals surface area contributed by atoms with E-state index in [1.54, 1.807) is 0 Å². The molecule has 0 aromatic heterocycles. The molecule has 1 aliphatic rings. The van der Waals surface area contributed by atoms with Crippen LogP contribution in [-0.4, -0.2) is 59.8 Å².